The molecule has 0 fully saturated rings. The molecule has 2 atom stereocenters. The van der Waals surface area contributed by atoms with Crippen LogP contribution in [0.5, 0.6) is 0 Å². The van der Waals surface area contributed by atoms with Gasteiger partial charge in [-0.1, -0.05) is 104 Å². The van der Waals surface area contributed by atoms with Crippen LogP contribution < -0.4 is 0 Å². The zero-order valence-electron chi connectivity index (χ0n) is 23.2. The zero-order chi connectivity index (χ0) is 24.9. The second kappa shape index (κ2) is 21.4. The summed E-state index contributed by atoms with van der Waals surface area (Å²) in [4.78, 5) is 0. The van der Waals surface area contributed by atoms with E-state index in [1.54, 1.807) is 0 Å². The van der Waals surface area contributed by atoms with Crippen molar-refractivity contribution >= 4 is 8.07 Å². The molecule has 0 amide bonds. The first-order valence-electron chi connectivity index (χ1n) is 13.6. The van der Waals surface area contributed by atoms with Crippen molar-refractivity contribution in [1.29, 1.82) is 0 Å². The van der Waals surface area contributed by atoms with Crippen LogP contribution in [0.4, 0.5) is 0 Å². The number of ether oxygens (including phenoxy) is 1. The number of hydrogen-bond acceptors (Lipinski definition) is 3. The van der Waals surface area contributed by atoms with Crippen LogP contribution in [0.25, 0.3) is 0 Å². The monoisotopic (exact) mass is 472 g/mol. The molecule has 0 saturated carbocycles. The van der Waals surface area contributed by atoms with Gasteiger partial charge in [0.25, 0.3) is 0 Å². The maximum absolute atomic E-state index is 10.6. The van der Waals surface area contributed by atoms with Gasteiger partial charge in [-0.25, -0.2) is 0 Å². The predicted octanol–water partition coefficient (Wildman–Crippen LogP) is 8.45. The summed E-state index contributed by atoms with van der Waals surface area (Å²) in [5, 5.41) is 20.8. The maximum atomic E-state index is 10.6. The van der Waals surface area contributed by atoms with Gasteiger partial charge < -0.3 is 14.9 Å². The van der Waals surface area contributed by atoms with Gasteiger partial charge >= 0.3 is 0 Å². The first kappa shape index (κ1) is 34.0. The fourth-order valence-corrected chi connectivity index (χ4v) is 5.42. The van der Waals surface area contributed by atoms with E-state index in [1.807, 2.05) is 13.8 Å². The lowest BCUT2D eigenvalue weighted by Gasteiger charge is -2.40. The topological polar surface area (TPSA) is 49.7 Å². The number of unbranched alkanes of at least 4 members (excludes halogenated alkanes) is 8. The molecule has 2 unspecified atom stereocenters. The predicted molar refractivity (Wildman–Crippen MR) is 146 cm³/mol. The van der Waals surface area contributed by atoms with Gasteiger partial charge in [0, 0.05) is 18.9 Å². The van der Waals surface area contributed by atoms with Crippen LogP contribution in [0, 0.1) is 0 Å². The average Bonchev–Trinajstić information content (AvgIpc) is 2.72. The summed E-state index contributed by atoms with van der Waals surface area (Å²) in [6, 6.07) is 0. The van der Waals surface area contributed by atoms with Gasteiger partial charge in [0.1, 0.15) is 0 Å². The van der Waals surface area contributed by atoms with E-state index in [2.05, 4.69) is 52.9 Å². The molecule has 0 bridgehead atoms. The van der Waals surface area contributed by atoms with Crippen LogP contribution in [-0.4, -0.2) is 43.3 Å². The molecule has 32 heavy (non-hydrogen) atoms. The molecule has 3 nitrogen and oxygen atoms in total. The Morgan fingerprint density at radius 2 is 1.28 bits per heavy atom. The van der Waals surface area contributed by atoms with Crippen molar-refractivity contribution in [1.82, 2.24) is 0 Å². The molecule has 4 heteroatoms. The van der Waals surface area contributed by atoms with Crippen LogP contribution in [0.2, 0.25) is 18.1 Å². The fourth-order valence-electron chi connectivity index (χ4n) is 3.49. The summed E-state index contributed by atoms with van der Waals surface area (Å²) >= 11 is 0. The fraction of sp³-hybridized carbons (Fsp3) is 0.929. The minimum Gasteiger partial charge on any atom is -0.397 e. The summed E-state index contributed by atoms with van der Waals surface area (Å²) in [5.41, 5.74) is -0.0752. The van der Waals surface area contributed by atoms with Crippen molar-refractivity contribution < 1.29 is 14.9 Å². The van der Waals surface area contributed by atoms with E-state index >= 15 is 0 Å². The summed E-state index contributed by atoms with van der Waals surface area (Å²) in [5.74, 6) is 0. The Bertz CT molecular complexity index is 413. The average molecular weight is 473 g/mol. The minimum absolute atomic E-state index is 0.0752. The number of hydrogen-bond donors (Lipinski definition) is 2. The Labute approximate surface area is 203 Å². The highest BCUT2D eigenvalue weighted by Crippen LogP contribution is 2.39. The van der Waals surface area contributed by atoms with E-state index in [9.17, 15) is 10.2 Å². The highest BCUT2D eigenvalue weighted by molar-refractivity contribution is 6.81. The lowest BCUT2D eigenvalue weighted by molar-refractivity contribution is 0.162. The lowest BCUT2D eigenvalue weighted by Crippen LogP contribution is -2.49. The van der Waals surface area contributed by atoms with E-state index in [-0.39, 0.29) is 16.9 Å². The Hall–Kier alpha value is -0.163. The van der Waals surface area contributed by atoms with Gasteiger partial charge in [-0.05, 0) is 51.0 Å². The third kappa shape index (κ3) is 19.3. The number of rotatable bonds is 18. The van der Waals surface area contributed by atoms with Crippen LogP contribution in [0.3, 0.4) is 0 Å². The standard InChI is InChI=1S/C24H50O2Si.C4H10O/c1-7-8-9-16-19-22(25)20-17-14-12-10-11-13-15-18-21-23(26)27(5,6)24(2,3)4;1-3-5-4-2/h14,17,22-23,25-26H,7-13,15-16,18-21H2,1-6H3;3-4H2,1-2H3/b17-14-;. The number of aliphatic hydroxyl groups excluding tert-OH is 2. The summed E-state index contributed by atoms with van der Waals surface area (Å²) in [6.07, 6.45) is 19.3. The summed E-state index contributed by atoms with van der Waals surface area (Å²) in [7, 11) is -1.60. The smallest absolute Gasteiger partial charge is 0.0864 e. The molecule has 0 aromatic carbocycles. The number of allylic oxidation sites excluding steroid dienone is 1. The van der Waals surface area contributed by atoms with Crippen molar-refractivity contribution in [3.05, 3.63) is 12.2 Å². The Morgan fingerprint density at radius 1 is 0.750 bits per heavy atom. The van der Waals surface area contributed by atoms with Crippen LogP contribution in [-0.2, 0) is 4.74 Å². The van der Waals surface area contributed by atoms with Crippen molar-refractivity contribution in [3.8, 4) is 0 Å². The van der Waals surface area contributed by atoms with E-state index in [0.29, 0.717) is 0 Å². The minimum atomic E-state index is -1.60. The summed E-state index contributed by atoms with van der Waals surface area (Å²) in [6.45, 7) is 19.4. The number of aliphatic hydroxyl groups is 2. The molecule has 0 aliphatic carbocycles. The van der Waals surface area contributed by atoms with E-state index in [1.165, 1.54) is 44.9 Å². The molecule has 0 aliphatic heterocycles. The quantitative estimate of drug-likeness (QED) is 0.119. The molecule has 0 heterocycles. The highest BCUT2D eigenvalue weighted by atomic mass is 28.3. The molecule has 194 valence electrons. The highest BCUT2D eigenvalue weighted by Gasteiger charge is 2.40. The Morgan fingerprint density at radius 3 is 1.81 bits per heavy atom. The Balaban J connectivity index is 0. The van der Waals surface area contributed by atoms with Crippen LogP contribution >= 0.6 is 0 Å². The maximum Gasteiger partial charge on any atom is 0.0864 e. The molecule has 0 aliphatic rings. The summed E-state index contributed by atoms with van der Waals surface area (Å²) < 4.78 is 4.83. The second-order valence-corrected chi connectivity index (χ2v) is 16.4. The third-order valence-electron chi connectivity index (χ3n) is 6.99. The van der Waals surface area contributed by atoms with Gasteiger partial charge in [0.2, 0.25) is 0 Å². The van der Waals surface area contributed by atoms with Crippen molar-refractivity contribution in [2.45, 2.75) is 155 Å². The normalized spacial score (nSPS) is 14.3. The molecule has 0 radical (unpaired) electrons. The SMILES string of the molecule is CCCCCCC(O)C/C=C\CCCCCCCC(O)[Si](C)(C)C(C)(C)C.CCOCC. The van der Waals surface area contributed by atoms with Crippen molar-refractivity contribution in [2.24, 2.45) is 0 Å². The largest absolute Gasteiger partial charge is 0.397 e. The van der Waals surface area contributed by atoms with E-state index in [4.69, 9.17) is 4.74 Å². The molecule has 0 aromatic heterocycles. The van der Waals surface area contributed by atoms with Gasteiger partial charge in [0.05, 0.1) is 14.2 Å². The lowest BCUT2D eigenvalue weighted by atomic mass is 10.1. The van der Waals surface area contributed by atoms with Gasteiger partial charge in [-0.3, -0.25) is 0 Å². The Kier molecular flexibility index (Phi) is 22.7. The van der Waals surface area contributed by atoms with Crippen molar-refractivity contribution in [2.75, 3.05) is 13.2 Å². The molecule has 0 aromatic rings. The first-order valence-corrected chi connectivity index (χ1v) is 16.7. The van der Waals surface area contributed by atoms with Crippen LogP contribution in [0.1, 0.15) is 125 Å². The molecular formula is C28H60O3Si. The van der Waals surface area contributed by atoms with E-state index < -0.39 is 8.07 Å². The van der Waals surface area contributed by atoms with Gasteiger partial charge in [-0.2, -0.15) is 0 Å². The van der Waals surface area contributed by atoms with E-state index in [0.717, 1.165) is 51.7 Å². The molecular weight excluding hydrogens is 412 g/mol. The molecule has 0 saturated heterocycles. The molecule has 0 rings (SSSR count). The first-order chi connectivity index (χ1) is 15.0. The van der Waals surface area contributed by atoms with Crippen molar-refractivity contribution in [3.63, 3.8) is 0 Å². The third-order valence-corrected chi connectivity index (χ3v) is 12.8. The molecule has 0 spiro atoms. The molecule has 2 N–H and O–H groups in total. The van der Waals surface area contributed by atoms with Gasteiger partial charge in [0.15, 0.2) is 0 Å². The zero-order valence-corrected chi connectivity index (χ0v) is 24.2. The van der Waals surface area contributed by atoms with Crippen LogP contribution in [0.15, 0.2) is 12.2 Å². The second-order valence-electron chi connectivity index (χ2n) is 10.8. The van der Waals surface area contributed by atoms with Gasteiger partial charge in [-0.15, -0.1) is 0 Å².